The normalized spacial score (nSPS) is 11.2. The van der Waals surface area contributed by atoms with Gasteiger partial charge in [-0.25, -0.2) is 4.98 Å². The van der Waals surface area contributed by atoms with E-state index in [1.165, 1.54) is 0 Å². The molecule has 7 aromatic rings. The van der Waals surface area contributed by atoms with Gasteiger partial charge in [-0.1, -0.05) is 78.9 Å². The standard InChI is InChI=1S/C29H21N3O4P2/c1-5-14-24-20(10-1)21-11-2-6-15-25(21)34-37(33-24)31-28-18-9-19-29(30-28)32-38-35-26-16-7-3-12-22(26)23-13-4-8-17-27(23)36-38/h1-19H,(H2,30,31,32). The number of benzene rings is 4. The molecule has 0 bridgehead atoms. The Balaban J connectivity index is 1.28. The zero-order valence-electron chi connectivity index (χ0n) is 19.9. The largest absolute Gasteiger partial charge is 0.404 e. The fraction of sp³-hybridized carbons (Fsp3) is 0. The minimum absolute atomic E-state index is 0.601. The fourth-order valence-corrected chi connectivity index (χ4v) is 6.54. The summed E-state index contributed by atoms with van der Waals surface area (Å²) in [6.45, 7) is 0. The first-order chi connectivity index (χ1) is 18.8. The molecule has 0 saturated heterocycles. The average Bonchev–Trinajstić information content (AvgIpc) is 3.20. The van der Waals surface area contributed by atoms with Gasteiger partial charge in [0.2, 0.25) is 0 Å². The molecule has 0 atom stereocenters. The minimum Gasteiger partial charge on any atom is -0.404 e. The fourth-order valence-electron chi connectivity index (χ4n) is 4.31. The van der Waals surface area contributed by atoms with Gasteiger partial charge < -0.3 is 16.8 Å². The van der Waals surface area contributed by atoms with E-state index < -0.39 is 16.3 Å². The van der Waals surface area contributed by atoms with Crippen LogP contribution < -0.4 is 10.2 Å². The molecule has 0 spiro atoms. The van der Waals surface area contributed by atoms with Crippen molar-refractivity contribution in [2.75, 3.05) is 10.2 Å². The lowest BCUT2D eigenvalue weighted by atomic mass is 10.1. The maximum Gasteiger partial charge on any atom is 0.340 e. The Kier molecular flexibility index (Phi) is 5.78. The molecule has 0 aliphatic heterocycles. The van der Waals surface area contributed by atoms with Crippen LogP contribution in [-0.4, -0.2) is 4.98 Å². The summed E-state index contributed by atoms with van der Waals surface area (Å²) in [6.07, 6.45) is 0. The van der Waals surface area contributed by atoms with Gasteiger partial charge in [0, 0.05) is 21.5 Å². The monoisotopic (exact) mass is 537 g/mol. The lowest BCUT2D eigenvalue weighted by molar-refractivity contribution is 0.645. The van der Waals surface area contributed by atoms with E-state index >= 15 is 0 Å². The molecule has 0 aliphatic carbocycles. The number of para-hydroxylation sites is 4. The van der Waals surface area contributed by atoms with E-state index in [1.54, 1.807) is 0 Å². The first kappa shape index (κ1) is 22.6. The molecule has 0 fully saturated rings. The summed E-state index contributed by atoms with van der Waals surface area (Å²) in [7, 11) is -3.10. The topological polar surface area (TPSA) is 89.5 Å². The molecule has 0 saturated carbocycles. The molecule has 2 N–H and O–H groups in total. The summed E-state index contributed by atoms with van der Waals surface area (Å²) in [4.78, 5) is 4.74. The summed E-state index contributed by atoms with van der Waals surface area (Å²) in [5.74, 6) is 1.20. The van der Waals surface area contributed by atoms with Crippen LogP contribution in [0.2, 0.25) is 0 Å². The van der Waals surface area contributed by atoms with Gasteiger partial charge in [0.05, 0.1) is 0 Å². The minimum atomic E-state index is -1.55. The number of rotatable bonds is 4. The van der Waals surface area contributed by atoms with E-state index in [1.807, 2.05) is 115 Å². The van der Waals surface area contributed by atoms with Crippen LogP contribution in [0.4, 0.5) is 11.6 Å². The lowest BCUT2D eigenvalue weighted by Gasteiger charge is -2.06. The Labute approximate surface area is 218 Å². The predicted octanol–water partition coefficient (Wildman–Crippen LogP) is 10.0. The van der Waals surface area contributed by atoms with Crippen molar-refractivity contribution in [3.05, 3.63) is 115 Å². The zero-order chi connectivity index (χ0) is 25.3. The SMILES string of the molecule is c1cc(Np2oc3ccccc3c3ccccc3o2)nc(Np2oc3ccccc3c3ccccc3o2)c1. The third-order valence-corrected chi connectivity index (χ3v) is 8.29. The summed E-state index contributed by atoms with van der Waals surface area (Å²) >= 11 is 0. The van der Waals surface area contributed by atoms with E-state index in [-0.39, 0.29) is 0 Å². The number of aromatic nitrogens is 1. The molecule has 9 heteroatoms. The number of anilines is 2. The van der Waals surface area contributed by atoms with E-state index in [0.717, 1.165) is 43.9 Å². The highest BCUT2D eigenvalue weighted by molar-refractivity contribution is 7.39. The molecule has 186 valence electrons. The molecule has 7 rings (SSSR count). The molecule has 0 amide bonds. The van der Waals surface area contributed by atoms with E-state index in [2.05, 4.69) is 10.2 Å². The molecule has 7 nitrogen and oxygen atoms in total. The summed E-state index contributed by atoms with van der Waals surface area (Å²) in [5, 5.41) is 10.6. The zero-order valence-corrected chi connectivity index (χ0v) is 21.7. The van der Waals surface area contributed by atoms with Crippen LogP contribution in [0.3, 0.4) is 0 Å². The van der Waals surface area contributed by atoms with Crippen LogP contribution in [0.25, 0.3) is 43.9 Å². The molecule has 0 aliphatic rings. The van der Waals surface area contributed by atoms with Crippen molar-refractivity contribution in [2.24, 2.45) is 0 Å². The molecule has 0 unspecified atom stereocenters. The number of pyridine rings is 1. The molecule has 3 aromatic heterocycles. The highest BCUT2D eigenvalue weighted by Gasteiger charge is 2.10. The molecule has 38 heavy (non-hydrogen) atoms. The third-order valence-electron chi connectivity index (χ3n) is 6.01. The van der Waals surface area contributed by atoms with E-state index in [9.17, 15) is 0 Å². The van der Waals surface area contributed by atoms with Crippen molar-refractivity contribution in [1.29, 1.82) is 0 Å². The number of nitrogens with zero attached hydrogens (tertiary/aromatic N) is 1. The Morgan fingerprint density at radius 2 is 0.711 bits per heavy atom. The highest BCUT2D eigenvalue weighted by Crippen LogP contribution is 2.37. The van der Waals surface area contributed by atoms with Gasteiger partial charge in [-0.15, -0.1) is 0 Å². The van der Waals surface area contributed by atoms with Crippen molar-refractivity contribution in [2.45, 2.75) is 0 Å². The van der Waals surface area contributed by atoms with Gasteiger partial charge in [0.1, 0.15) is 34.0 Å². The summed E-state index contributed by atoms with van der Waals surface area (Å²) in [6, 6.07) is 37.3. The second-order valence-electron chi connectivity index (χ2n) is 8.50. The Hall–Kier alpha value is -4.57. The van der Waals surface area contributed by atoms with Gasteiger partial charge in [0.15, 0.2) is 0 Å². The predicted molar refractivity (Wildman–Crippen MR) is 155 cm³/mol. The van der Waals surface area contributed by atoms with Gasteiger partial charge in [0.25, 0.3) is 0 Å². The quantitative estimate of drug-likeness (QED) is 0.231. The number of hydrogen-bond donors (Lipinski definition) is 2. The number of nitrogens with one attached hydrogen (secondary N) is 2. The van der Waals surface area contributed by atoms with Crippen LogP contribution in [0, 0.1) is 0 Å². The molecule has 3 heterocycles. The number of fused-ring (bicyclic) bond motifs is 6. The second kappa shape index (κ2) is 9.71. The van der Waals surface area contributed by atoms with Gasteiger partial charge >= 0.3 is 16.3 Å². The van der Waals surface area contributed by atoms with Crippen LogP contribution in [-0.2, 0) is 0 Å². The van der Waals surface area contributed by atoms with Gasteiger partial charge in [-0.2, -0.15) is 0 Å². The van der Waals surface area contributed by atoms with Gasteiger partial charge in [-0.05, 0) is 36.4 Å². The summed E-state index contributed by atoms with van der Waals surface area (Å²) < 4.78 is 25.0. The van der Waals surface area contributed by atoms with Crippen LogP contribution >= 0.6 is 16.3 Å². The van der Waals surface area contributed by atoms with Crippen molar-refractivity contribution in [3.63, 3.8) is 0 Å². The lowest BCUT2D eigenvalue weighted by Crippen LogP contribution is -1.93. The molecule has 0 radical (unpaired) electrons. The Morgan fingerprint density at radius 1 is 0.395 bits per heavy atom. The van der Waals surface area contributed by atoms with Crippen molar-refractivity contribution < 1.29 is 16.8 Å². The third kappa shape index (κ3) is 4.39. The first-order valence-corrected chi connectivity index (χ1v) is 14.3. The molecule has 4 aromatic carbocycles. The van der Waals surface area contributed by atoms with E-state index in [4.69, 9.17) is 21.8 Å². The van der Waals surface area contributed by atoms with Crippen molar-refractivity contribution in [3.8, 4) is 0 Å². The maximum absolute atomic E-state index is 6.25. The van der Waals surface area contributed by atoms with Crippen LogP contribution in [0.15, 0.2) is 132 Å². The van der Waals surface area contributed by atoms with Gasteiger partial charge in [-0.3, -0.25) is 10.2 Å². The highest BCUT2D eigenvalue weighted by atomic mass is 31.1. The average molecular weight is 537 g/mol. The molecular weight excluding hydrogens is 516 g/mol. The van der Waals surface area contributed by atoms with Crippen molar-refractivity contribution in [1.82, 2.24) is 4.98 Å². The smallest absolute Gasteiger partial charge is 0.340 e. The van der Waals surface area contributed by atoms with Crippen LogP contribution in [0.1, 0.15) is 0 Å². The van der Waals surface area contributed by atoms with Crippen molar-refractivity contribution >= 4 is 71.8 Å². The van der Waals surface area contributed by atoms with Crippen LogP contribution in [0.5, 0.6) is 0 Å². The maximum atomic E-state index is 6.25. The molecular formula is C29H21N3O4P2. The summed E-state index contributed by atoms with van der Waals surface area (Å²) in [5.41, 5.74) is 3.02. The number of hydrogen-bond acceptors (Lipinski definition) is 7. The second-order valence-corrected chi connectivity index (χ2v) is 10.7. The Morgan fingerprint density at radius 3 is 1.05 bits per heavy atom. The first-order valence-electron chi connectivity index (χ1n) is 12.0. The Bertz CT molecular complexity index is 1760. The van der Waals surface area contributed by atoms with E-state index in [0.29, 0.717) is 11.6 Å².